The zero-order valence-electron chi connectivity index (χ0n) is 9.83. The van der Waals surface area contributed by atoms with Gasteiger partial charge in [0.2, 0.25) is 0 Å². The number of carbonyl (C=O) groups is 1. The van der Waals surface area contributed by atoms with Crippen molar-refractivity contribution in [2.45, 2.75) is 18.9 Å². The molecule has 1 aromatic carbocycles. The van der Waals surface area contributed by atoms with Crippen molar-refractivity contribution < 1.29 is 27.1 Å². The lowest BCUT2D eigenvalue weighted by atomic mass is 10.0. The minimum atomic E-state index is -4.13. The van der Waals surface area contributed by atoms with Gasteiger partial charge in [0.25, 0.3) is 0 Å². The second-order valence-corrected chi connectivity index (χ2v) is 3.49. The van der Waals surface area contributed by atoms with E-state index in [1.165, 1.54) is 6.92 Å². The molecule has 0 unspecified atom stereocenters. The summed E-state index contributed by atoms with van der Waals surface area (Å²) in [7, 11) is 0. The Kier molecular flexibility index (Phi) is 6.24. The molecular formula is C11H12ClF4NO2. The van der Waals surface area contributed by atoms with Crippen molar-refractivity contribution in [2.75, 3.05) is 6.61 Å². The van der Waals surface area contributed by atoms with Crippen molar-refractivity contribution in [3.8, 4) is 0 Å². The fourth-order valence-electron chi connectivity index (χ4n) is 1.30. The molecule has 0 heterocycles. The minimum Gasteiger partial charge on any atom is -0.462 e. The van der Waals surface area contributed by atoms with E-state index in [1.54, 1.807) is 0 Å². The number of alkyl halides is 2. The highest BCUT2D eigenvalue weighted by Crippen LogP contribution is 2.32. The van der Waals surface area contributed by atoms with Crippen LogP contribution in [0.15, 0.2) is 18.2 Å². The first-order valence-electron chi connectivity index (χ1n) is 5.06. The van der Waals surface area contributed by atoms with Gasteiger partial charge in [0.1, 0.15) is 17.7 Å². The summed E-state index contributed by atoms with van der Waals surface area (Å²) in [4.78, 5) is 11.0. The van der Waals surface area contributed by atoms with Crippen LogP contribution in [-0.4, -0.2) is 18.5 Å². The zero-order valence-corrected chi connectivity index (χ0v) is 10.6. The third-order valence-corrected chi connectivity index (χ3v) is 2.23. The Hall–Kier alpha value is -1.34. The average molecular weight is 302 g/mol. The van der Waals surface area contributed by atoms with Crippen LogP contribution in [0.25, 0.3) is 0 Å². The summed E-state index contributed by atoms with van der Waals surface area (Å²) in [6.07, 6.45) is 0. The minimum absolute atomic E-state index is 0. The lowest BCUT2D eigenvalue weighted by Gasteiger charge is -2.22. The number of ether oxygens (including phenoxy) is 1. The standard InChI is InChI=1S/C11H11F4NO2.ClH/c1-2-18-10(17)11(14,15)9(16)7-5-6(12)3-4-8(7)13;/h3-5,9H,2,16H2,1H3;1H/t9-;/m1./s1. The summed E-state index contributed by atoms with van der Waals surface area (Å²) < 4.78 is 57.3. The van der Waals surface area contributed by atoms with Gasteiger partial charge in [0.05, 0.1) is 6.61 Å². The van der Waals surface area contributed by atoms with Crippen LogP contribution in [0.3, 0.4) is 0 Å². The Morgan fingerprint density at radius 2 is 2.00 bits per heavy atom. The van der Waals surface area contributed by atoms with Gasteiger partial charge in [-0.3, -0.25) is 0 Å². The number of nitrogens with two attached hydrogens (primary N) is 1. The van der Waals surface area contributed by atoms with Crippen LogP contribution in [0.1, 0.15) is 18.5 Å². The molecule has 0 saturated carbocycles. The molecular weight excluding hydrogens is 290 g/mol. The summed E-state index contributed by atoms with van der Waals surface area (Å²) in [6.45, 7) is 1.06. The first-order chi connectivity index (χ1) is 8.30. The van der Waals surface area contributed by atoms with Gasteiger partial charge in [0.15, 0.2) is 0 Å². The highest BCUT2D eigenvalue weighted by atomic mass is 35.5. The summed E-state index contributed by atoms with van der Waals surface area (Å²) in [5.41, 5.74) is 4.33. The molecule has 0 radical (unpaired) electrons. The molecule has 0 aromatic heterocycles. The first-order valence-corrected chi connectivity index (χ1v) is 5.06. The number of carbonyl (C=O) groups excluding carboxylic acids is 1. The zero-order chi connectivity index (χ0) is 13.9. The first kappa shape index (κ1) is 17.7. The van der Waals surface area contributed by atoms with Gasteiger partial charge in [-0.1, -0.05) is 0 Å². The molecule has 0 aliphatic rings. The molecule has 0 aliphatic heterocycles. The molecule has 0 fully saturated rings. The van der Waals surface area contributed by atoms with Gasteiger partial charge < -0.3 is 10.5 Å². The third-order valence-electron chi connectivity index (χ3n) is 2.23. The highest BCUT2D eigenvalue weighted by molar-refractivity contribution is 5.85. The Bertz CT molecular complexity index is 456. The average Bonchev–Trinajstić information content (AvgIpc) is 2.31. The Morgan fingerprint density at radius 1 is 1.42 bits per heavy atom. The molecule has 108 valence electrons. The van der Waals surface area contributed by atoms with Gasteiger partial charge in [-0.15, -0.1) is 12.4 Å². The van der Waals surface area contributed by atoms with Crippen LogP contribution in [-0.2, 0) is 9.53 Å². The monoisotopic (exact) mass is 301 g/mol. The van der Waals surface area contributed by atoms with Crippen LogP contribution in [0.2, 0.25) is 0 Å². The lowest BCUT2D eigenvalue weighted by molar-refractivity contribution is -0.174. The van der Waals surface area contributed by atoms with Crippen molar-refractivity contribution in [3.05, 3.63) is 35.4 Å². The Labute approximate surface area is 113 Å². The van der Waals surface area contributed by atoms with E-state index in [0.717, 1.165) is 6.07 Å². The molecule has 0 saturated heterocycles. The van der Waals surface area contributed by atoms with Crippen LogP contribution >= 0.6 is 12.4 Å². The summed E-state index contributed by atoms with van der Waals surface area (Å²) in [6, 6.07) is -0.375. The maximum atomic E-state index is 13.5. The number of halogens is 5. The van der Waals surface area contributed by atoms with Crippen LogP contribution in [0.5, 0.6) is 0 Å². The van der Waals surface area contributed by atoms with Crippen molar-refractivity contribution >= 4 is 18.4 Å². The van der Waals surface area contributed by atoms with Crippen molar-refractivity contribution in [1.29, 1.82) is 0 Å². The number of hydrogen-bond donors (Lipinski definition) is 1. The fourth-order valence-corrected chi connectivity index (χ4v) is 1.30. The molecule has 0 amide bonds. The smallest absolute Gasteiger partial charge is 0.379 e. The molecule has 0 spiro atoms. The molecule has 2 N–H and O–H groups in total. The van der Waals surface area contributed by atoms with Crippen molar-refractivity contribution in [2.24, 2.45) is 5.73 Å². The summed E-state index contributed by atoms with van der Waals surface area (Å²) >= 11 is 0. The number of hydrogen-bond acceptors (Lipinski definition) is 3. The maximum absolute atomic E-state index is 13.5. The molecule has 3 nitrogen and oxygen atoms in total. The second-order valence-electron chi connectivity index (χ2n) is 3.49. The van der Waals surface area contributed by atoms with Crippen molar-refractivity contribution in [1.82, 2.24) is 0 Å². The van der Waals surface area contributed by atoms with E-state index in [2.05, 4.69) is 4.74 Å². The van der Waals surface area contributed by atoms with E-state index in [9.17, 15) is 22.4 Å². The SMILES string of the molecule is CCOC(=O)C(F)(F)[C@H](N)c1cc(F)ccc1F.Cl. The molecule has 0 bridgehead atoms. The van der Waals surface area contributed by atoms with Crippen LogP contribution in [0.4, 0.5) is 17.6 Å². The normalized spacial score (nSPS) is 12.5. The van der Waals surface area contributed by atoms with Crippen LogP contribution < -0.4 is 5.73 Å². The lowest BCUT2D eigenvalue weighted by Crippen LogP contribution is -2.42. The van der Waals surface area contributed by atoms with Gasteiger partial charge in [-0.2, -0.15) is 8.78 Å². The number of rotatable bonds is 4. The quantitative estimate of drug-likeness (QED) is 0.687. The van der Waals surface area contributed by atoms with E-state index < -0.39 is 35.1 Å². The van der Waals surface area contributed by atoms with E-state index in [0.29, 0.717) is 12.1 Å². The molecule has 1 atom stereocenters. The Balaban J connectivity index is 0.00000324. The van der Waals surface area contributed by atoms with E-state index >= 15 is 0 Å². The highest BCUT2D eigenvalue weighted by Gasteiger charge is 2.48. The van der Waals surface area contributed by atoms with Gasteiger partial charge >= 0.3 is 11.9 Å². The second kappa shape index (κ2) is 6.72. The maximum Gasteiger partial charge on any atom is 0.379 e. The van der Waals surface area contributed by atoms with Crippen molar-refractivity contribution in [3.63, 3.8) is 0 Å². The third kappa shape index (κ3) is 3.81. The van der Waals surface area contributed by atoms with Gasteiger partial charge in [-0.05, 0) is 25.1 Å². The molecule has 8 heteroatoms. The number of benzene rings is 1. The topological polar surface area (TPSA) is 52.3 Å². The molecule has 19 heavy (non-hydrogen) atoms. The molecule has 1 rings (SSSR count). The summed E-state index contributed by atoms with van der Waals surface area (Å²) in [5, 5.41) is 0. The van der Waals surface area contributed by atoms with Gasteiger partial charge in [0, 0.05) is 5.56 Å². The van der Waals surface area contributed by atoms with E-state index in [4.69, 9.17) is 5.73 Å². The predicted octanol–water partition coefficient (Wildman–Crippen LogP) is 2.58. The predicted molar refractivity (Wildman–Crippen MR) is 62.1 cm³/mol. The fraction of sp³-hybridized carbons (Fsp3) is 0.364. The number of esters is 1. The summed E-state index contributed by atoms with van der Waals surface area (Å²) in [5.74, 6) is -8.06. The molecule has 0 aliphatic carbocycles. The molecule has 1 aromatic rings. The Morgan fingerprint density at radius 3 is 2.53 bits per heavy atom. The van der Waals surface area contributed by atoms with E-state index in [-0.39, 0.29) is 19.0 Å². The van der Waals surface area contributed by atoms with Gasteiger partial charge in [-0.25, -0.2) is 13.6 Å². The largest absolute Gasteiger partial charge is 0.462 e. The van der Waals surface area contributed by atoms with Crippen LogP contribution in [0, 0.1) is 11.6 Å². The van der Waals surface area contributed by atoms with E-state index in [1.807, 2.05) is 0 Å².